The van der Waals surface area contributed by atoms with Crippen LogP contribution in [-0.4, -0.2) is 47.1 Å². The van der Waals surface area contributed by atoms with Gasteiger partial charge in [-0.15, -0.1) is 11.8 Å². The SMILES string of the molecule is CSc1cccc(C2CN(C(=O)OC(C)(C)C)CC2O)c1. The molecule has 2 unspecified atom stereocenters. The maximum absolute atomic E-state index is 12.1. The fourth-order valence-corrected chi connectivity index (χ4v) is 2.93. The van der Waals surface area contributed by atoms with Gasteiger partial charge in [-0.1, -0.05) is 12.1 Å². The van der Waals surface area contributed by atoms with Crippen LogP contribution in [0.5, 0.6) is 0 Å². The Bertz CT molecular complexity index is 512. The highest BCUT2D eigenvalue weighted by molar-refractivity contribution is 7.98. The summed E-state index contributed by atoms with van der Waals surface area (Å²) < 4.78 is 5.37. The Morgan fingerprint density at radius 1 is 1.38 bits per heavy atom. The van der Waals surface area contributed by atoms with Gasteiger partial charge in [0.2, 0.25) is 0 Å². The van der Waals surface area contributed by atoms with Gasteiger partial charge in [-0.3, -0.25) is 0 Å². The van der Waals surface area contributed by atoms with Crippen molar-refractivity contribution in [1.82, 2.24) is 4.90 Å². The lowest BCUT2D eigenvalue weighted by Crippen LogP contribution is -2.35. The van der Waals surface area contributed by atoms with Gasteiger partial charge in [0.15, 0.2) is 0 Å². The van der Waals surface area contributed by atoms with Crippen molar-refractivity contribution in [3.63, 3.8) is 0 Å². The maximum atomic E-state index is 12.1. The number of aliphatic hydroxyl groups excluding tert-OH is 1. The predicted molar refractivity (Wildman–Crippen MR) is 84.8 cm³/mol. The summed E-state index contributed by atoms with van der Waals surface area (Å²) >= 11 is 1.67. The summed E-state index contributed by atoms with van der Waals surface area (Å²) in [7, 11) is 0. The molecule has 0 aliphatic carbocycles. The van der Waals surface area contributed by atoms with Gasteiger partial charge in [0, 0.05) is 17.4 Å². The highest BCUT2D eigenvalue weighted by Gasteiger charge is 2.36. The van der Waals surface area contributed by atoms with Gasteiger partial charge in [0.1, 0.15) is 5.60 Å². The summed E-state index contributed by atoms with van der Waals surface area (Å²) in [5, 5.41) is 10.3. The lowest BCUT2D eigenvalue weighted by molar-refractivity contribution is 0.0270. The lowest BCUT2D eigenvalue weighted by atomic mass is 9.96. The van der Waals surface area contributed by atoms with Gasteiger partial charge >= 0.3 is 6.09 Å². The third-order valence-corrected chi connectivity index (χ3v) is 4.19. The first kappa shape index (κ1) is 16.2. The average molecular weight is 309 g/mol. The Morgan fingerprint density at radius 2 is 2.10 bits per heavy atom. The molecule has 1 saturated heterocycles. The summed E-state index contributed by atoms with van der Waals surface area (Å²) in [6.45, 7) is 6.35. The number of hydrogen-bond donors (Lipinski definition) is 1. The molecule has 1 fully saturated rings. The van der Waals surface area contributed by atoms with E-state index in [0.29, 0.717) is 13.1 Å². The van der Waals surface area contributed by atoms with Gasteiger partial charge in [0.25, 0.3) is 0 Å². The topological polar surface area (TPSA) is 49.8 Å². The molecule has 21 heavy (non-hydrogen) atoms. The van der Waals surface area contributed by atoms with Crippen molar-refractivity contribution in [2.75, 3.05) is 19.3 Å². The van der Waals surface area contributed by atoms with Crippen LogP contribution in [0.25, 0.3) is 0 Å². The van der Waals surface area contributed by atoms with E-state index in [9.17, 15) is 9.90 Å². The molecule has 4 nitrogen and oxygen atoms in total. The summed E-state index contributed by atoms with van der Waals surface area (Å²) in [5.74, 6) is -0.0513. The fraction of sp³-hybridized carbons (Fsp3) is 0.562. The number of nitrogens with zero attached hydrogens (tertiary/aromatic N) is 1. The number of carbonyl (C=O) groups excluding carboxylic acids is 1. The summed E-state index contributed by atoms with van der Waals surface area (Å²) in [5.41, 5.74) is 0.555. The number of benzene rings is 1. The van der Waals surface area contributed by atoms with E-state index in [4.69, 9.17) is 4.74 Å². The first-order valence-electron chi connectivity index (χ1n) is 7.10. The normalized spacial score (nSPS) is 22.4. The molecule has 2 atom stereocenters. The largest absolute Gasteiger partial charge is 0.444 e. The van der Waals surface area contributed by atoms with Crippen molar-refractivity contribution in [2.45, 2.75) is 43.3 Å². The van der Waals surface area contributed by atoms with Gasteiger partial charge in [-0.05, 0) is 44.7 Å². The van der Waals surface area contributed by atoms with E-state index in [0.717, 1.165) is 10.5 Å². The summed E-state index contributed by atoms with van der Waals surface area (Å²) in [6.07, 6.45) is 1.12. The number of likely N-dealkylation sites (tertiary alicyclic amines) is 1. The van der Waals surface area contributed by atoms with Crippen molar-refractivity contribution in [1.29, 1.82) is 0 Å². The van der Waals surface area contributed by atoms with Crippen molar-refractivity contribution < 1.29 is 14.6 Å². The quantitative estimate of drug-likeness (QED) is 0.853. The zero-order valence-electron chi connectivity index (χ0n) is 13.0. The second-order valence-electron chi connectivity index (χ2n) is 6.34. The number of amides is 1. The summed E-state index contributed by atoms with van der Waals surface area (Å²) in [6, 6.07) is 8.12. The highest BCUT2D eigenvalue weighted by Crippen LogP contribution is 2.30. The molecule has 1 aliphatic heterocycles. The highest BCUT2D eigenvalue weighted by atomic mass is 32.2. The van der Waals surface area contributed by atoms with E-state index in [1.54, 1.807) is 16.7 Å². The van der Waals surface area contributed by atoms with E-state index in [-0.39, 0.29) is 12.0 Å². The molecule has 1 aromatic carbocycles. The minimum atomic E-state index is -0.547. The lowest BCUT2D eigenvalue weighted by Gasteiger charge is -2.24. The van der Waals surface area contributed by atoms with E-state index in [1.807, 2.05) is 45.2 Å². The van der Waals surface area contributed by atoms with Crippen molar-refractivity contribution >= 4 is 17.9 Å². The Hall–Kier alpha value is -1.20. The molecule has 2 rings (SSSR count). The predicted octanol–water partition coefficient (Wildman–Crippen LogP) is 3.10. The number of rotatable bonds is 2. The molecular weight excluding hydrogens is 286 g/mol. The number of hydrogen-bond acceptors (Lipinski definition) is 4. The summed E-state index contributed by atoms with van der Waals surface area (Å²) in [4.78, 5) is 14.8. The molecule has 0 radical (unpaired) electrons. The Labute approximate surface area is 130 Å². The van der Waals surface area contributed by atoms with Crippen molar-refractivity contribution in [3.05, 3.63) is 29.8 Å². The second-order valence-corrected chi connectivity index (χ2v) is 7.22. The molecule has 1 N–H and O–H groups in total. The van der Waals surface area contributed by atoms with E-state index in [2.05, 4.69) is 6.07 Å². The minimum absolute atomic E-state index is 0.0513. The van der Waals surface area contributed by atoms with Crippen LogP contribution in [0, 0.1) is 0 Å². The smallest absolute Gasteiger partial charge is 0.410 e. The van der Waals surface area contributed by atoms with Crippen LogP contribution >= 0.6 is 11.8 Å². The van der Waals surface area contributed by atoms with Crippen LogP contribution in [-0.2, 0) is 4.74 Å². The fourth-order valence-electron chi connectivity index (χ4n) is 2.46. The van der Waals surface area contributed by atoms with Crippen molar-refractivity contribution in [3.8, 4) is 0 Å². The number of aliphatic hydroxyl groups is 1. The molecule has 0 aromatic heterocycles. The molecule has 116 valence electrons. The Morgan fingerprint density at radius 3 is 2.71 bits per heavy atom. The van der Waals surface area contributed by atoms with Gasteiger partial charge in [0.05, 0.1) is 12.6 Å². The first-order valence-corrected chi connectivity index (χ1v) is 8.32. The van der Waals surface area contributed by atoms with Crippen LogP contribution in [0.1, 0.15) is 32.3 Å². The van der Waals surface area contributed by atoms with Crippen molar-refractivity contribution in [2.24, 2.45) is 0 Å². The van der Waals surface area contributed by atoms with Crippen LogP contribution in [0.2, 0.25) is 0 Å². The maximum Gasteiger partial charge on any atom is 0.410 e. The standard InChI is InChI=1S/C16H23NO3S/c1-16(2,3)20-15(19)17-9-13(14(18)10-17)11-6-5-7-12(8-11)21-4/h5-8,13-14,18H,9-10H2,1-4H3. The minimum Gasteiger partial charge on any atom is -0.444 e. The van der Waals surface area contributed by atoms with E-state index >= 15 is 0 Å². The van der Waals surface area contributed by atoms with E-state index < -0.39 is 11.7 Å². The molecule has 1 amide bonds. The Balaban J connectivity index is 2.08. The van der Waals surface area contributed by atoms with Crippen LogP contribution in [0.15, 0.2) is 29.2 Å². The molecule has 0 saturated carbocycles. The number of β-amino-alcohol motifs (C(OH)–C–C–N with tert-alkyl or cyclic N) is 1. The molecule has 0 bridgehead atoms. The monoisotopic (exact) mass is 309 g/mol. The third kappa shape index (κ3) is 4.14. The molecule has 1 aromatic rings. The first-order chi connectivity index (χ1) is 9.80. The molecular formula is C16H23NO3S. The number of ether oxygens (including phenoxy) is 1. The van der Waals surface area contributed by atoms with Gasteiger partial charge < -0.3 is 14.7 Å². The Kier molecular flexibility index (Phi) is 4.84. The second kappa shape index (κ2) is 6.28. The molecule has 1 heterocycles. The van der Waals surface area contributed by atoms with E-state index in [1.165, 1.54) is 0 Å². The average Bonchev–Trinajstić information content (AvgIpc) is 2.79. The van der Waals surface area contributed by atoms with Crippen LogP contribution < -0.4 is 0 Å². The molecule has 0 spiro atoms. The molecule has 5 heteroatoms. The van der Waals surface area contributed by atoms with Crippen LogP contribution in [0.3, 0.4) is 0 Å². The van der Waals surface area contributed by atoms with Crippen LogP contribution in [0.4, 0.5) is 4.79 Å². The molecule has 1 aliphatic rings. The third-order valence-electron chi connectivity index (χ3n) is 3.46. The van der Waals surface area contributed by atoms with Gasteiger partial charge in [-0.25, -0.2) is 4.79 Å². The zero-order valence-corrected chi connectivity index (χ0v) is 13.8. The number of carbonyl (C=O) groups is 1. The van der Waals surface area contributed by atoms with Gasteiger partial charge in [-0.2, -0.15) is 0 Å². The zero-order chi connectivity index (χ0) is 15.6. The number of thioether (sulfide) groups is 1.